The Hall–Kier alpha value is -3.22. The van der Waals surface area contributed by atoms with Crippen LogP contribution < -0.4 is 10.6 Å². The van der Waals surface area contributed by atoms with Gasteiger partial charge in [-0.1, -0.05) is 53.6 Å². The van der Waals surface area contributed by atoms with Crippen molar-refractivity contribution < 1.29 is 4.79 Å². The average molecular weight is 294 g/mol. The Morgan fingerprint density at radius 3 is 2.32 bits per heavy atom. The molecule has 2 aromatic carbocycles. The number of hydrogen-bond donors (Lipinski definition) is 3. The molecule has 3 N–H and O–H groups in total. The summed E-state index contributed by atoms with van der Waals surface area (Å²) in [6.45, 7) is 0. The van der Waals surface area contributed by atoms with Gasteiger partial charge in [0.25, 0.3) is 11.9 Å². The minimum atomic E-state index is -0.568. The molecular formula is C15H14N6O. The lowest BCUT2D eigenvalue weighted by Crippen LogP contribution is -2.27. The standard InChI is InChI=1S/C15H14N6O/c22-14(17-15-18-20-21-19-15)13(11-7-3-1-4-8-11)16-12-9-5-2-6-10-12/h1-10,13,16H,(H2,17,18,19,20,21,22)/t13-/m1/s1. The Balaban J connectivity index is 1.84. The van der Waals surface area contributed by atoms with Crippen LogP contribution in [0.4, 0.5) is 11.6 Å². The summed E-state index contributed by atoms with van der Waals surface area (Å²) in [7, 11) is 0. The second kappa shape index (κ2) is 6.49. The highest BCUT2D eigenvalue weighted by atomic mass is 16.2. The van der Waals surface area contributed by atoms with Crippen LogP contribution in [-0.4, -0.2) is 26.5 Å². The predicted molar refractivity (Wildman–Crippen MR) is 82.1 cm³/mol. The Morgan fingerprint density at radius 1 is 1.00 bits per heavy atom. The van der Waals surface area contributed by atoms with Crippen molar-refractivity contribution in [2.75, 3.05) is 10.6 Å². The molecule has 3 rings (SSSR count). The molecule has 0 fully saturated rings. The van der Waals surface area contributed by atoms with Gasteiger partial charge in [0.05, 0.1) is 0 Å². The van der Waals surface area contributed by atoms with Crippen molar-refractivity contribution in [2.45, 2.75) is 6.04 Å². The lowest BCUT2D eigenvalue weighted by Gasteiger charge is -2.19. The summed E-state index contributed by atoms with van der Waals surface area (Å²) >= 11 is 0. The zero-order valence-corrected chi connectivity index (χ0v) is 11.6. The molecule has 1 amide bonds. The molecule has 1 aromatic heterocycles. The first-order valence-electron chi connectivity index (χ1n) is 6.74. The molecule has 0 radical (unpaired) electrons. The van der Waals surface area contributed by atoms with Gasteiger partial charge in [0.1, 0.15) is 6.04 Å². The number of nitrogens with zero attached hydrogens (tertiary/aromatic N) is 3. The lowest BCUT2D eigenvalue weighted by atomic mass is 10.1. The summed E-state index contributed by atoms with van der Waals surface area (Å²) in [5, 5.41) is 19.0. The van der Waals surface area contributed by atoms with Crippen LogP contribution >= 0.6 is 0 Å². The van der Waals surface area contributed by atoms with Gasteiger partial charge in [0.2, 0.25) is 0 Å². The first-order valence-corrected chi connectivity index (χ1v) is 6.74. The van der Waals surface area contributed by atoms with Crippen molar-refractivity contribution in [2.24, 2.45) is 0 Å². The second-order valence-electron chi connectivity index (χ2n) is 4.58. The van der Waals surface area contributed by atoms with Crippen molar-refractivity contribution in [3.8, 4) is 0 Å². The summed E-state index contributed by atoms with van der Waals surface area (Å²) in [4.78, 5) is 12.5. The molecule has 1 heterocycles. The fourth-order valence-electron chi connectivity index (χ4n) is 2.04. The monoisotopic (exact) mass is 294 g/mol. The van der Waals surface area contributed by atoms with Crippen LogP contribution in [0.3, 0.4) is 0 Å². The molecule has 1 atom stereocenters. The van der Waals surface area contributed by atoms with Gasteiger partial charge in [0.15, 0.2) is 0 Å². The Labute approximate surface area is 126 Å². The zero-order chi connectivity index (χ0) is 15.2. The van der Waals surface area contributed by atoms with Gasteiger partial charge in [-0.2, -0.15) is 5.21 Å². The van der Waals surface area contributed by atoms with Gasteiger partial charge in [0, 0.05) is 5.69 Å². The van der Waals surface area contributed by atoms with E-state index >= 15 is 0 Å². The minimum Gasteiger partial charge on any atom is -0.370 e. The van der Waals surface area contributed by atoms with Gasteiger partial charge in [-0.05, 0) is 22.9 Å². The highest BCUT2D eigenvalue weighted by Gasteiger charge is 2.21. The molecule has 3 aromatic rings. The smallest absolute Gasteiger partial charge is 0.269 e. The third kappa shape index (κ3) is 3.26. The maximum Gasteiger partial charge on any atom is 0.269 e. The van der Waals surface area contributed by atoms with E-state index in [9.17, 15) is 4.79 Å². The number of tetrazole rings is 1. The van der Waals surface area contributed by atoms with Crippen LogP contribution in [0.1, 0.15) is 11.6 Å². The number of hydrogen-bond acceptors (Lipinski definition) is 5. The molecule has 0 aliphatic heterocycles. The van der Waals surface area contributed by atoms with Crippen LogP contribution in [0, 0.1) is 0 Å². The SMILES string of the molecule is O=C(Nc1nn[nH]n1)[C@H](Nc1ccccc1)c1ccccc1. The molecule has 7 heteroatoms. The average Bonchev–Trinajstić information content (AvgIpc) is 3.07. The number of nitrogens with one attached hydrogen (secondary N) is 3. The number of para-hydroxylation sites is 1. The number of carbonyl (C=O) groups excluding carboxylic acids is 1. The summed E-state index contributed by atoms with van der Waals surface area (Å²) in [5.74, 6) is -0.128. The second-order valence-corrected chi connectivity index (χ2v) is 4.58. The fraction of sp³-hybridized carbons (Fsp3) is 0.0667. The van der Waals surface area contributed by atoms with Gasteiger partial charge >= 0.3 is 0 Å². The van der Waals surface area contributed by atoms with Crippen LogP contribution in [0.2, 0.25) is 0 Å². The van der Waals surface area contributed by atoms with Gasteiger partial charge in [-0.25, -0.2) is 0 Å². The number of anilines is 2. The third-order valence-electron chi connectivity index (χ3n) is 3.06. The third-order valence-corrected chi connectivity index (χ3v) is 3.06. The van der Waals surface area contributed by atoms with Crippen molar-refractivity contribution in [1.82, 2.24) is 20.6 Å². The molecule has 0 unspecified atom stereocenters. The zero-order valence-electron chi connectivity index (χ0n) is 11.6. The predicted octanol–water partition coefficient (Wildman–Crippen LogP) is 1.99. The maximum atomic E-state index is 12.5. The van der Waals surface area contributed by atoms with Gasteiger partial charge < -0.3 is 5.32 Å². The molecule has 7 nitrogen and oxygen atoms in total. The Bertz CT molecular complexity index is 714. The van der Waals surface area contributed by atoms with Crippen LogP contribution in [0.15, 0.2) is 60.7 Å². The molecule has 0 saturated heterocycles. The normalized spacial score (nSPS) is 11.6. The number of aromatic amines is 1. The van der Waals surface area contributed by atoms with Crippen molar-refractivity contribution in [3.05, 3.63) is 66.2 Å². The molecule has 0 saturated carbocycles. The fourth-order valence-corrected chi connectivity index (χ4v) is 2.04. The summed E-state index contributed by atoms with van der Waals surface area (Å²) < 4.78 is 0. The van der Waals surface area contributed by atoms with E-state index in [2.05, 4.69) is 31.3 Å². The molecule has 0 spiro atoms. The summed E-state index contributed by atoms with van der Waals surface area (Å²) in [6.07, 6.45) is 0. The number of benzene rings is 2. The van der Waals surface area contributed by atoms with E-state index in [1.807, 2.05) is 60.7 Å². The van der Waals surface area contributed by atoms with Gasteiger partial charge in [-0.15, -0.1) is 5.10 Å². The molecule has 0 aliphatic carbocycles. The summed E-state index contributed by atoms with van der Waals surface area (Å²) in [5.41, 5.74) is 1.69. The van der Waals surface area contributed by atoms with Gasteiger partial charge in [-0.3, -0.25) is 10.1 Å². The van der Waals surface area contributed by atoms with Crippen LogP contribution in [-0.2, 0) is 4.79 Å². The number of aromatic nitrogens is 4. The number of H-pyrrole nitrogens is 1. The van der Waals surface area contributed by atoms with E-state index in [0.717, 1.165) is 11.3 Å². The number of rotatable bonds is 5. The number of amides is 1. The maximum absolute atomic E-state index is 12.5. The van der Waals surface area contributed by atoms with E-state index in [1.54, 1.807) is 0 Å². The van der Waals surface area contributed by atoms with Crippen LogP contribution in [0.5, 0.6) is 0 Å². The number of carbonyl (C=O) groups is 1. The molecule has 0 bridgehead atoms. The highest BCUT2D eigenvalue weighted by molar-refractivity contribution is 5.95. The lowest BCUT2D eigenvalue weighted by molar-refractivity contribution is -0.117. The van der Waals surface area contributed by atoms with Crippen molar-refractivity contribution >= 4 is 17.5 Å². The topological polar surface area (TPSA) is 95.6 Å². The van der Waals surface area contributed by atoms with E-state index < -0.39 is 6.04 Å². The Kier molecular flexibility index (Phi) is 4.05. The van der Waals surface area contributed by atoms with E-state index in [-0.39, 0.29) is 11.9 Å². The van der Waals surface area contributed by atoms with E-state index in [4.69, 9.17) is 0 Å². The molecule has 22 heavy (non-hydrogen) atoms. The van der Waals surface area contributed by atoms with Crippen LogP contribution in [0.25, 0.3) is 0 Å². The highest BCUT2D eigenvalue weighted by Crippen LogP contribution is 2.20. The Morgan fingerprint density at radius 2 is 1.68 bits per heavy atom. The van der Waals surface area contributed by atoms with Crippen molar-refractivity contribution in [1.29, 1.82) is 0 Å². The first-order chi connectivity index (χ1) is 10.8. The molecule has 0 aliphatic rings. The largest absolute Gasteiger partial charge is 0.370 e. The molecular weight excluding hydrogens is 280 g/mol. The summed E-state index contributed by atoms with van der Waals surface area (Å²) in [6, 6.07) is 18.4. The van der Waals surface area contributed by atoms with Crippen molar-refractivity contribution in [3.63, 3.8) is 0 Å². The van der Waals surface area contributed by atoms with E-state index in [0.29, 0.717) is 0 Å². The first kappa shape index (κ1) is 13.7. The van der Waals surface area contributed by atoms with E-state index in [1.165, 1.54) is 0 Å². The minimum absolute atomic E-state index is 0.140. The molecule has 110 valence electrons. The quantitative estimate of drug-likeness (QED) is 0.669.